The Morgan fingerprint density at radius 3 is 2.37 bits per heavy atom. The maximum Gasteiger partial charge on any atom is 0.141 e. The molecule has 0 aliphatic rings. The first kappa shape index (κ1) is 13.3. The summed E-state index contributed by atoms with van der Waals surface area (Å²) in [6, 6.07) is 9.73. The molecule has 0 aliphatic heterocycles. The third-order valence-electron chi connectivity index (χ3n) is 3.22. The van der Waals surface area contributed by atoms with Crippen molar-refractivity contribution in [2.24, 2.45) is 0 Å². The molecule has 1 aromatic carbocycles. The molecule has 3 heteroatoms. The minimum atomic E-state index is 0.189. The maximum atomic E-state index is 12.0. The summed E-state index contributed by atoms with van der Waals surface area (Å²) in [5.41, 5.74) is 10.1. The number of carbonyl (C=O) groups is 1. The van der Waals surface area contributed by atoms with Gasteiger partial charge in [-0.1, -0.05) is 18.2 Å². The Morgan fingerprint density at radius 1 is 1.05 bits per heavy atom. The summed E-state index contributed by atoms with van der Waals surface area (Å²) in [5, 5.41) is 0. The predicted molar refractivity (Wildman–Crippen MR) is 77.0 cm³/mol. The number of nitrogens with two attached hydrogens (primary N) is 1. The van der Waals surface area contributed by atoms with E-state index < -0.39 is 0 Å². The Hall–Kier alpha value is -2.16. The summed E-state index contributed by atoms with van der Waals surface area (Å²) >= 11 is 0. The molecule has 0 amide bonds. The molecule has 0 fully saturated rings. The van der Waals surface area contributed by atoms with E-state index in [1.165, 1.54) is 11.1 Å². The molecule has 0 unspecified atom stereocenters. The van der Waals surface area contributed by atoms with E-state index in [0.717, 1.165) is 11.1 Å². The Morgan fingerprint density at radius 2 is 1.74 bits per heavy atom. The van der Waals surface area contributed by atoms with Gasteiger partial charge in [-0.3, -0.25) is 4.79 Å². The summed E-state index contributed by atoms with van der Waals surface area (Å²) < 4.78 is 0. The molecule has 0 aliphatic carbocycles. The van der Waals surface area contributed by atoms with Crippen LogP contribution in [-0.2, 0) is 17.6 Å². The zero-order valence-corrected chi connectivity index (χ0v) is 11.3. The van der Waals surface area contributed by atoms with Crippen LogP contribution in [-0.4, -0.2) is 10.8 Å². The molecule has 0 spiro atoms. The normalized spacial score (nSPS) is 10.4. The molecular formula is C16H18N2O. The minimum absolute atomic E-state index is 0.189. The number of nitrogen functional groups attached to an aromatic ring is 1. The lowest BCUT2D eigenvalue weighted by Gasteiger charge is -2.05. The van der Waals surface area contributed by atoms with Crippen LogP contribution in [0.5, 0.6) is 0 Å². The highest BCUT2D eigenvalue weighted by molar-refractivity contribution is 5.83. The van der Waals surface area contributed by atoms with Crippen LogP contribution in [0.2, 0.25) is 0 Å². The number of rotatable bonds is 4. The van der Waals surface area contributed by atoms with Gasteiger partial charge in [-0.05, 0) is 48.2 Å². The second-order valence-electron chi connectivity index (χ2n) is 4.90. The average molecular weight is 254 g/mol. The van der Waals surface area contributed by atoms with E-state index in [1.807, 2.05) is 12.1 Å². The highest BCUT2D eigenvalue weighted by atomic mass is 16.1. The molecule has 0 bridgehead atoms. The number of carbonyl (C=O) groups excluding carboxylic acids is 1. The Kier molecular flexibility index (Phi) is 3.95. The summed E-state index contributed by atoms with van der Waals surface area (Å²) in [6.45, 7) is 4.13. The standard InChI is InChI=1S/C16H18N2O/c1-11-3-4-13(7-12(11)2)8-15(19)9-14-5-6-18-16(17)10-14/h3-7,10H,8-9H2,1-2H3,(H2,17,18). The van der Waals surface area contributed by atoms with Gasteiger partial charge in [-0.2, -0.15) is 0 Å². The van der Waals surface area contributed by atoms with Crippen molar-refractivity contribution >= 4 is 11.6 Å². The quantitative estimate of drug-likeness (QED) is 0.912. The van der Waals surface area contributed by atoms with Gasteiger partial charge >= 0.3 is 0 Å². The molecule has 0 saturated heterocycles. The highest BCUT2D eigenvalue weighted by Crippen LogP contribution is 2.12. The van der Waals surface area contributed by atoms with Crippen molar-refractivity contribution in [3.05, 3.63) is 58.8 Å². The van der Waals surface area contributed by atoms with Gasteiger partial charge in [0.1, 0.15) is 11.6 Å². The smallest absolute Gasteiger partial charge is 0.141 e. The first-order valence-corrected chi connectivity index (χ1v) is 6.33. The molecule has 2 rings (SSSR count). The van der Waals surface area contributed by atoms with Crippen LogP contribution < -0.4 is 5.73 Å². The number of hydrogen-bond acceptors (Lipinski definition) is 3. The molecule has 0 atom stereocenters. The van der Waals surface area contributed by atoms with Gasteiger partial charge in [0.25, 0.3) is 0 Å². The summed E-state index contributed by atoms with van der Waals surface area (Å²) in [6.07, 6.45) is 2.50. The lowest BCUT2D eigenvalue weighted by molar-refractivity contribution is -0.117. The summed E-state index contributed by atoms with van der Waals surface area (Å²) in [7, 11) is 0. The second-order valence-corrected chi connectivity index (χ2v) is 4.90. The molecule has 0 saturated carbocycles. The number of nitrogens with zero attached hydrogens (tertiary/aromatic N) is 1. The molecule has 1 aromatic heterocycles. The molecule has 98 valence electrons. The van der Waals surface area contributed by atoms with Crippen molar-refractivity contribution in [1.82, 2.24) is 4.98 Å². The fourth-order valence-electron chi connectivity index (χ4n) is 2.04. The van der Waals surface area contributed by atoms with E-state index in [4.69, 9.17) is 5.73 Å². The number of aryl methyl sites for hydroxylation is 2. The number of ketones is 1. The third-order valence-corrected chi connectivity index (χ3v) is 3.22. The van der Waals surface area contributed by atoms with Crippen LogP contribution in [0.3, 0.4) is 0 Å². The molecular weight excluding hydrogens is 236 g/mol. The fourth-order valence-corrected chi connectivity index (χ4v) is 2.04. The molecule has 2 N–H and O–H groups in total. The number of benzene rings is 1. The van der Waals surface area contributed by atoms with Crippen molar-refractivity contribution in [1.29, 1.82) is 0 Å². The zero-order valence-electron chi connectivity index (χ0n) is 11.3. The zero-order chi connectivity index (χ0) is 13.8. The van der Waals surface area contributed by atoms with Crippen LogP contribution in [0, 0.1) is 13.8 Å². The van der Waals surface area contributed by atoms with Crippen LogP contribution >= 0.6 is 0 Å². The SMILES string of the molecule is Cc1ccc(CC(=O)Cc2ccnc(N)c2)cc1C. The van der Waals surface area contributed by atoms with Gasteiger partial charge in [0, 0.05) is 19.0 Å². The first-order chi connectivity index (χ1) is 9.04. The predicted octanol–water partition coefficient (Wildman–Crippen LogP) is 2.63. The topological polar surface area (TPSA) is 56.0 Å². The van der Waals surface area contributed by atoms with Gasteiger partial charge in [0.15, 0.2) is 0 Å². The number of hydrogen-bond donors (Lipinski definition) is 1. The highest BCUT2D eigenvalue weighted by Gasteiger charge is 2.06. The molecule has 19 heavy (non-hydrogen) atoms. The molecule has 0 radical (unpaired) electrons. The number of pyridine rings is 1. The number of Topliss-reactive ketones (excluding diaryl/α,β-unsaturated/α-hetero) is 1. The van der Waals surface area contributed by atoms with Crippen molar-refractivity contribution in [2.75, 3.05) is 5.73 Å². The number of anilines is 1. The summed E-state index contributed by atoms with van der Waals surface area (Å²) in [5.74, 6) is 0.644. The van der Waals surface area contributed by atoms with Crippen molar-refractivity contribution in [2.45, 2.75) is 26.7 Å². The molecule has 3 nitrogen and oxygen atoms in total. The van der Waals surface area contributed by atoms with Gasteiger partial charge in [-0.15, -0.1) is 0 Å². The minimum Gasteiger partial charge on any atom is -0.384 e. The van der Waals surface area contributed by atoms with Crippen molar-refractivity contribution in [3.63, 3.8) is 0 Å². The Balaban J connectivity index is 2.03. The van der Waals surface area contributed by atoms with E-state index >= 15 is 0 Å². The largest absolute Gasteiger partial charge is 0.384 e. The van der Waals surface area contributed by atoms with E-state index in [2.05, 4.69) is 31.0 Å². The summed E-state index contributed by atoms with van der Waals surface area (Å²) in [4.78, 5) is 15.9. The Bertz CT molecular complexity index is 605. The van der Waals surface area contributed by atoms with Gasteiger partial charge in [-0.25, -0.2) is 4.98 Å². The van der Waals surface area contributed by atoms with Crippen LogP contribution in [0.1, 0.15) is 22.3 Å². The van der Waals surface area contributed by atoms with E-state index in [0.29, 0.717) is 18.7 Å². The van der Waals surface area contributed by atoms with E-state index in [1.54, 1.807) is 12.3 Å². The molecule has 1 heterocycles. The molecule has 2 aromatic rings. The van der Waals surface area contributed by atoms with Crippen molar-refractivity contribution in [3.8, 4) is 0 Å². The Labute approximate surface area is 113 Å². The lowest BCUT2D eigenvalue weighted by Crippen LogP contribution is -2.07. The fraction of sp³-hybridized carbons (Fsp3) is 0.250. The monoisotopic (exact) mass is 254 g/mol. The average Bonchev–Trinajstić information content (AvgIpc) is 2.34. The van der Waals surface area contributed by atoms with Crippen LogP contribution in [0.25, 0.3) is 0 Å². The maximum absolute atomic E-state index is 12.0. The van der Waals surface area contributed by atoms with E-state index in [9.17, 15) is 4.79 Å². The van der Waals surface area contributed by atoms with E-state index in [-0.39, 0.29) is 5.78 Å². The number of aromatic nitrogens is 1. The lowest BCUT2D eigenvalue weighted by atomic mass is 10.00. The van der Waals surface area contributed by atoms with Gasteiger partial charge < -0.3 is 5.73 Å². The van der Waals surface area contributed by atoms with Gasteiger partial charge in [0.2, 0.25) is 0 Å². The van der Waals surface area contributed by atoms with Crippen molar-refractivity contribution < 1.29 is 4.79 Å². The third kappa shape index (κ3) is 3.65. The van der Waals surface area contributed by atoms with Crippen LogP contribution in [0.15, 0.2) is 36.5 Å². The second kappa shape index (κ2) is 5.65. The van der Waals surface area contributed by atoms with Gasteiger partial charge in [0.05, 0.1) is 0 Å². The first-order valence-electron chi connectivity index (χ1n) is 6.33. The van der Waals surface area contributed by atoms with Crippen LogP contribution in [0.4, 0.5) is 5.82 Å².